The number of carbonyl (C=O) groups is 1. The second-order valence-electron chi connectivity index (χ2n) is 3.12. The van der Waals surface area contributed by atoms with E-state index >= 15 is 0 Å². The molecule has 0 saturated heterocycles. The normalized spacial score (nSPS) is 14.3. The summed E-state index contributed by atoms with van der Waals surface area (Å²) in [4.78, 5) is 10.5. The molecular formula is C10H10O4. The van der Waals surface area contributed by atoms with Crippen molar-refractivity contribution in [3.8, 4) is 5.75 Å². The summed E-state index contributed by atoms with van der Waals surface area (Å²) in [5.41, 5.74) is 1.71. The van der Waals surface area contributed by atoms with Gasteiger partial charge in [0, 0.05) is 5.56 Å². The number of benzene rings is 1. The highest BCUT2D eigenvalue weighted by molar-refractivity contribution is 5.70. The van der Waals surface area contributed by atoms with E-state index in [1.807, 2.05) is 6.07 Å². The molecule has 0 fully saturated rings. The molecule has 0 bridgehead atoms. The molecule has 0 amide bonds. The van der Waals surface area contributed by atoms with E-state index in [9.17, 15) is 4.79 Å². The second kappa shape index (κ2) is 3.67. The standard InChI is InChI=1S/C10H10O4/c11-10(12)4-7-1-2-8-5-13-6-14-9(8)3-7/h1-3H,4-6H2,(H,11,12). The van der Waals surface area contributed by atoms with Crippen LogP contribution in [0.5, 0.6) is 5.75 Å². The van der Waals surface area contributed by atoms with E-state index in [1.54, 1.807) is 12.1 Å². The van der Waals surface area contributed by atoms with Gasteiger partial charge in [0.2, 0.25) is 0 Å². The van der Waals surface area contributed by atoms with E-state index < -0.39 is 5.97 Å². The van der Waals surface area contributed by atoms with Gasteiger partial charge in [-0.3, -0.25) is 4.79 Å². The Morgan fingerprint density at radius 1 is 1.50 bits per heavy atom. The minimum absolute atomic E-state index is 0.0253. The Morgan fingerprint density at radius 2 is 2.36 bits per heavy atom. The first-order valence-corrected chi connectivity index (χ1v) is 4.30. The molecule has 1 N–H and O–H groups in total. The lowest BCUT2D eigenvalue weighted by molar-refractivity contribution is -0.136. The average Bonchev–Trinajstić information content (AvgIpc) is 2.17. The molecule has 0 radical (unpaired) electrons. The van der Waals surface area contributed by atoms with Crippen LogP contribution in [0, 0.1) is 0 Å². The highest BCUT2D eigenvalue weighted by atomic mass is 16.7. The van der Waals surface area contributed by atoms with E-state index in [4.69, 9.17) is 14.6 Å². The van der Waals surface area contributed by atoms with Crippen LogP contribution in [0.2, 0.25) is 0 Å². The van der Waals surface area contributed by atoms with Crippen LogP contribution in [0.25, 0.3) is 0 Å². The van der Waals surface area contributed by atoms with Crippen molar-refractivity contribution in [1.29, 1.82) is 0 Å². The fourth-order valence-electron chi connectivity index (χ4n) is 1.39. The fourth-order valence-corrected chi connectivity index (χ4v) is 1.39. The van der Waals surface area contributed by atoms with Crippen molar-refractivity contribution >= 4 is 5.97 Å². The van der Waals surface area contributed by atoms with Crippen LogP contribution in [-0.2, 0) is 22.6 Å². The summed E-state index contributed by atoms with van der Waals surface area (Å²) in [6, 6.07) is 5.38. The highest BCUT2D eigenvalue weighted by Gasteiger charge is 2.11. The smallest absolute Gasteiger partial charge is 0.307 e. The number of ether oxygens (including phenoxy) is 2. The predicted octanol–water partition coefficient (Wildman–Crippen LogP) is 1.18. The largest absolute Gasteiger partial charge is 0.481 e. The lowest BCUT2D eigenvalue weighted by Gasteiger charge is -2.17. The van der Waals surface area contributed by atoms with Gasteiger partial charge in [0.1, 0.15) is 5.75 Å². The third kappa shape index (κ3) is 1.85. The summed E-state index contributed by atoms with van der Waals surface area (Å²) in [6.07, 6.45) is 0.0253. The quantitative estimate of drug-likeness (QED) is 0.768. The van der Waals surface area contributed by atoms with Gasteiger partial charge in [0.05, 0.1) is 13.0 Å². The Kier molecular flexibility index (Phi) is 2.37. The van der Waals surface area contributed by atoms with E-state index in [1.165, 1.54) is 0 Å². The lowest BCUT2D eigenvalue weighted by Crippen LogP contribution is -2.11. The number of rotatable bonds is 2. The summed E-state index contributed by atoms with van der Waals surface area (Å²) in [5, 5.41) is 8.61. The first-order chi connectivity index (χ1) is 6.75. The van der Waals surface area contributed by atoms with Crippen molar-refractivity contribution in [3.05, 3.63) is 29.3 Å². The Bertz CT molecular complexity index is 359. The first kappa shape index (κ1) is 9.02. The highest BCUT2D eigenvalue weighted by Crippen LogP contribution is 2.24. The van der Waals surface area contributed by atoms with Crippen molar-refractivity contribution in [2.24, 2.45) is 0 Å². The summed E-state index contributed by atoms with van der Waals surface area (Å²) < 4.78 is 10.3. The van der Waals surface area contributed by atoms with Gasteiger partial charge in [-0.15, -0.1) is 0 Å². The summed E-state index contributed by atoms with van der Waals surface area (Å²) in [5.74, 6) is -0.105. The SMILES string of the molecule is O=C(O)Cc1ccc2c(c1)OCOC2. The zero-order chi connectivity index (χ0) is 9.97. The molecule has 74 valence electrons. The fraction of sp³-hybridized carbons (Fsp3) is 0.300. The van der Waals surface area contributed by atoms with Crippen LogP contribution in [-0.4, -0.2) is 17.9 Å². The van der Waals surface area contributed by atoms with E-state index in [0.717, 1.165) is 16.9 Å². The molecule has 1 aliphatic heterocycles. The summed E-state index contributed by atoms with van der Waals surface area (Å²) in [7, 11) is 0. The van der Waals surface area contributed by atoms with Crippen LogP contribution < -0.4 is 4.74 Å². The minimum atomic E-state index is -0.836. The maximum Gasteiger partial charge on any atom is 0.307 e. The number of carboxylic acids is 1. The zero-order valence-electron chi connectivity index (χ0n) is 7.53. The van der Waals surface area contributed by atoms with Crippen molar-refractivity contribution < 1.29 is 19.4 Å². The van der Waals surface area contributed by atoms with Gasteiger partial charge < -0.3 is 14.6 Å². The lowest BCUT2D eigenvalue weighted by atomic mass is 10.1. The Morgan fingerprint density at radius 3 is 3.14 bits per heavy atom. The van der Waals surface area contributed by atoms with E-state index in [-0.39, 0.29) is 13.2 Å². The molecule has 0 aromatic heterocycles. The Balaban J connectivity index is 2.24. The summed E-state index contributed by atoms with van der Waals surface area (Å²) in [6.45, 7) is 0.770. The molecule has 2 rings (SSSR count). The average molecular weight is 194 g/mol. The Labute approximate surface area is 81.1 Å². The van der Waals surface area contributed by atoms with Crippen LogP contribution in [0.3, 0.4) is 0 Å². The molecule has 0 spiro atoms. The van der Waals surface area contributed by atoms with Crippen LogP contribution in [0.4, 0.5) is 0 Å². The first-order valence-electron chi connectivity index (χ1n) is 4.30. The molecule has 1 heterocycles. The monoisotopic (exact) mass is 194 g/mol. The molecule has 4 heteroatoms. The molecule has 4 nitrogen and oxygen atoms in total. The van der Waals surface area contributed by atoms with Crippen molar-refractivity contribution in [1.82, 2.24) is 0 Å². The third-order valence-corrected chi connectivity index (χ3v) is 2.04. The molecular weight excluding hydrogens is 184 g/mol. The van der Waals surface area contributed by atoms with Gasteiger partial charge in [-0.25, -0.2) is 0 Å². The molecule has 1 aromatic rings. The topological polar surface area (TPSA) is 55.8 Å². The summed E-state index contributed by atoms with van der Waals surface area (Å²) >= 11 is 0. The van der Waals surface area contributed by atoms with Crippen LogP contribution >= 0.6 is 0 Å². The Hall–Kier alpha value is -1.55. The van der Waals surface area contributed by atoms with Gasteiger partial charge in [0.15, 0.2) is 6.79 Å². The number of hydrogen-bond donors (Lipinski definition) is 1. The van der Waals surface area contributed by atoms with Gasteiger partial charge in [-0.2, -0.15) is 0 Å². The number of fused-ring (bicyclic) bond motifs is 1. The second-order valence-corrected chi connectivity index (χ2v) is 3.12. The van der Waals surface area contributed by atoms with Crippen LogP contribution in [0.1, 0.15) is 11.1 Å². The molecule has 1 aliphatic rings. The third-order valence-electron chi connectivity index (χ3n) is 2.04. The van der Waals surface area contributed by atoms with Crippen LogP contribution in [0.15, 0.2) is 18.2 Å². The van der Waals surface area contributed by atoms with Gasteiger partial charge in [-0.1, -0.05) is 12.1 Å². The van der Waals surface area contributed by atoms with Gasteiger partial charge in [-0.05, 0) is 11.6 Å². The molecule has 0 aliphatic carbocycles. The van der Waals surface area contributed by atoms with Gasteiger partial charge >= 0.3 is 5.97 Å². The number of aliphatic carboxylic acids is 1. The van der Waals surface area contributed by atoms with E-state index in [2.05, 4.69) is 0 Å². The number of carboxylic acid groups (broad SMARTS) is 1. The molecule has 14 heavy (non-hydrogen) atoms. The predicted molar refractivity (Wildman–Crippen MR) is 48.1 cm³/mol. The van der Waals surface area contributed by atoms with Crippen molar-refractivity contribution in [2.45, 2.75) is 13.0 Å². The molecule has 1 aromatic carbocycles. The zero-order valence-corrected chi connectivity index (χ0v) is 7.53. The van der Waals surface area contributed by atoms with Crippen molar-refractivity contribution in [3.63, 3.8) is 0 Å². The molecule has 0 unspecified atom stereocenters. The van der Waals surface area contributed by atoms with E-state index in [0.29, 0.717) is 6.61 Å². The van der Waals surface area contributed by atoms with Gasteiger partial charge in [0.25, 0.3) is 0 Å². The maximum atomic E-state index is 10.5. The molecule has 0 atom stereocenters. The van der Waals surface area contributed by atoms with Crippen molar-refractivity contribution in [2.75, 3.05) is 6.79 Å². The minimum Gasteiger partial charge on any atom is -0.481 e. The molecule has 0 saturated carbocycles. The maximum absolute atomic E-state index is 10.5. The number of hydrogen-bond acceptors (Lipinski definition) is 3.